The molecule has 1 atom stereocenters. The minimum atomic E-state index is -1.39. The minimum Gasteiger partial charge on any atom is -0.478 e. The van der Waals surface area contributed by atoms with Gasteiger partial charge < -0.3 is 15.5 Å². The van der Waals surface area contributed by atoms with Gasteiger partial charge in [0.2, 0.25) is 0 Å². The predicted octanol–water partition coefficient (Wildman–Crippen LogP) is 2.48. The van der Waals surface area contributed by atoms with E-state index in [0.29, 0.717) is 6.42 Å². The van der Waals surface area contributed by atoms with E-state index in [1.165, 1.54) is 0 Å². The second-order valence-corrected chi connectivity index (χ2v) is 4.63. The molecular weight excluding hydrogens is 256 g/mol. The number of carbonyl (C=O) groups is 1. The molecule has 0 bridgehead atoms. The summed E-state index contributed by atoms with van der Waals surface area (Å²) in [5, 5.41) is 20.3. The van der Waals surface area contributed by atoms with Crippen LogP contribution in [0.25, 0.3) is 0 Å². The van der Waals surface area contributed by atoms with Crippen LogP contribution >= 0.6 is 0 Å². The fourth-order valence-electron chi connectivity index (χ4n) is 1.73. The maximum atomic E-state index is 13.7. The Morgan fingerprint density at radius 1 is 1.32 bits per heavy atom. The number of halogens is 2. The maximum Gasteiger partial charge on any atom is 0.335 e. The summed E-state index contributed by atoms with van der Waals surface area (Å²) in [5.41, 5.74) is -0.805. The molecule has 3 N–H and O–H groups in total. The third-order valence-corrected chi connectivity index (χ3v) is 2.86. The van der Waals surface area contributed by atoms with Crippen LogP contribution in [0.4, 0.5) is 14.5 Å². The van der Waals surface area contributed by atoms with Crippen molar-refractivity contribution in [1.29, 1.82) is 0 Å². The largest absolute Gasteiger partial charge is 0.478 e. The van der Waals surface area contributed by atoms with E-state index >= 15 is 0 Å². The number of carboxylic acids is 1. The molecule has 0 aliphatic rings. The molecule has 0 fully saturated rings. The molecule has 0 spiro atoms. The Bertz CT molecular complexity index is 440. The lowest BCUT2D eigenvalue weighted by Gasteiger charge is -2.23. The number of anilines is 1. The number of hydrogen-bond acceptors (Lipinski definition) is 3. The molecule has 1 aromatic rings. The normalized spacial score (nSPS) is 12.5. The van der Waals surface area contributed by atoms with Crippen LogP contribution in [0.1, 0.15) is 30.6 Å². The Hall–Kier alpha value is -1.69. The molecule has 0 radical (unpaired) electrons. The molecule has 6 heteroatoms. The highest BCUT2D eigenvalue weighted by atomic mass is 19.1. The summed E-state index contributed by atoms with van der Waals surface area (Å²) < 4.78 is 27.4. The van der Waals surface area contributed by atoms with Crippen molar-refractivity contribution in [3.8, 4) is 0 Å². The first-order valence-corrected chi connectivity index (χ1v) is 5.96. The average molecular weight is 273 g/mol. The van der Waals surface area contributed by atoms with Gasteiger partial charge in [-0.3, -0.25) is 0 Å². The van der Waals surface area contributed by atoms with E-state index in [-0.39, 0.29) is 24.3 Å². The van der Waals surface area contributed by atoms with E-state index in [4.69, 9.17) is 10.2 Å². The number of nitrogens with one attached hydrogen (secondary N) is 1. The topological polar surface area (TPSA) is 69.6 Å². The summed E-state index contributed by atoms with van der Waals surface area (Å²) in [7, 11) is 0. The van der Waals surface area contributed by atoms with Crippen LogP contribution in [-0.2, 0) is 0 Å². The number of aromatic carboxylic acids is 1. The van der Waals surface area contributed by atoms with Gasteiger partial charge in [0.1, 0.15) is 17.3 Å². The second kappa shape index (κ2) is 6.47. The summed E-state index contributed by atoms with van der Waals surface area (Å²) >= 11 is 0. The molecule has 0 heterocycles. The molecule has 0 saturated carbocycles. The third kappa shape index (κ3) is 3.89. The van der Waals surface area contributed by atoms with Gasteiger partial charge in [0.05, 0.1) is 5.56 Å². The Kier molecular flexibility index (Phi) is 5.23. The zero-order valence-electron chi connectivity index (χ0n) is 10.8. The van der Waals surface area contributed by atoms with Gasteiger partial charge in [0, 0.05) is 12.6 Å². The monoisotopic (exact) mass is 273 g/mol. The van der Waals surface area contributed by atoms with Crippen molar-refractivity contribution >= 4 is 11.7 Å². The van der Waals surface area contributed by atoms with Crippen molar-refractivity contribution < 1.29 is 23.8 Å². The van der Waals surface area contributed by atoms with Crippen molar-refractivity contribution in [2.24, 2.45) is 5.92 Å². The minimum absolute atomic E-state index is 0.0603. The Morgan fingerprint density at radius 2 is 1.84 bits per heavy atom. The van der Waals surface area contributed by atoms with Gasteiger partial charge in [-0.15, -0.1) is 0 Å². The van der Waals surface area contributed by atoms with Gasteiger partial charge in [-0.1, -0.05) is 13.8 Å². The first-order valence-electron chi connectivity index (χ1n) is 5.96. The highest BCUT2D eigenvalue weighted by Crippen LogP contribution is 2.24. The van der Waals surface area contributed by atoms with E-state index in [1.807, 2.05) is 13.8 Å². The number of aliphatic hydroxyl groups excluding tert-OH is 1. The molecule has 19 heavy (non-hydrogen) atoms. The molecule has 1 unspecified atom stereocenters. The number of aliphatic hydroxyl groups is 1. The zero-order valence-corrected chi connectivity index (χ0v) is 10.8. The van der Waals surface area contributed by atoms with E-state index in [2.05, 4.69) is 5.32 Å². The van der Waals surface area contributed by atoms with Gasteiger partial charge in [-0.2, -0.15) is 0 Å². The summed E-state index contributed by atoms with van der Waals surface area (Å²) in [5.74, 6) is -3.24. The number of hydrogen-bond donors (Lipinski definition) is 3. The smallest absolute Gasteiger partial charge is 0.335 e. The lowest BCUT2D eigenvalue weighted by molar-refractivity contribution is 0.0696. The molecular formula is C13H17F2NO3. The van der Waals surface area contributed by atoms with Crippen LogP contribution < -0.4 is 5.32 Å². The number of benzene rings is 1. The number of rotatable bonds is 6. The van der Waals surface area contributed by atoms with Crippen LogP contribution in [0.3, 0.4) is 0 Å². The van der Waals surface area contributed by atoms with Gasteiger partial charge in [-0.05, 0) is 24.5 Å². The summed E-state index contributed by atoms with van der Waals surface area (Å²) in [6.45, 7) is 3.61. The fourth-order valence-corrected chi connectivity index (χ4v) is 1.73. The lowest BCUT2D eigenvalue weighted by atomic mass is 10.0. The van der Waals surface area contributed by atoms with E-state index in [9.17, 15) is 13.6 Å². The molecule has 4 nitrogen and oxygen atoms in total. The highest BCUT2D eigenvalue weighted by molar-refractivity contribution is 5.88. The standard InChI is InChI=1S/C13H17F2NO3/c1-7(2)11(3-4-17)16-12-9(14)5-8(13(18)19)6-10(12)15/h5-7,11,16-17H,3-4H2,1-2H3,(H,18,19). The lowest BCUT2D eigenvalue weighted by Crippen LogP contribution is -2.28. The highest BCUT2D eigenvalue weighted by Gasteiger charge is 2.19. The van der Waals surface area contributed by atoms with Crippen molar-refractivity contribution in [2.75, 3.05) is 11.9 Å². The quantitative estimate of drug-likeness (QED) is 0.744. The molecule has 0 aliphatic carbocycles. The van der Waals surface area contributed by atoms with Crippen LogP contribution in [0, 0.1) is 17.6 Å². The summed E-state index contributed by atoms with van der Waals surface area (Å²) in [6.07, 6.45) is 0.344. The number of carboxylic acid groups (broad SMARTS) is 1. The fraction of sp³-hybridized carbons (Fsp3) is 0.462. The van der Waals surface area contributed by atoms with Crippen LogP contribution in [0.2, 0.25) is 0 Å². The SMILES string of the molecule is CC(C)C(CCO)Nc1c(F)cc(C(=O)O)cc1F. The molecule has 0 aliphatic heterocycles. The van der Waals surface area contributed by atoms with E-state index in [1.54, 1.807) is 0 Å². The van der Waals surface area contributed by atoms with Crippen molar-refractivity contribution in [3.63, 3.8) is 0 Å². The van der Waals surface area contributed by atoms with Crippen molar-refractivity contribution in [1.82, 2.24) is 0 Å². The van der Waals surface area contributed by atoms with Crippen LogP contribution in [0.15, 0.2) is 12.1 Å². The summed E-state index contributed by atoms with van der Waals surface area (Å²) in [4.78, 5) is 10.7. The second-order valence-electron chi connectivity index (χ2n) is 4.63. The molecule has 1 aromatic carbocycles. The molecule has 106 valence electrons. The summed E-state index contributed by atoms with van der Waals surface area (Å²) in [6, 6.07) is 1.23. The van der Waals surface area contributed by atoms with Gasteiger partial charge in [0.25, 0.3) is 0 Å². The van der Waals surface area contributed by atoms with Gasteiger partial charge in [0.15, 0.2) is 0 Å². The van der Waals surface area contributed by atoms with Gasteiger partial charge in [-0.25, -0.2) is 13.6 Å². The first kappa shape index (κ1) is 15.4. The zero-order chi connectivity index (χ0) is 14.6. The van der Waals surface area contributed by atoms with E-state index in [0.717, 1.165) is 12.1 Å². The van der Waals surface area contributed by atoms with Crippen molar-refractivity contribution in [2.45, 2.75) is 26.3 Å². The molecule has 0 saturated heterocycles. The van der Waals surface area contributed by atoms with Crippen LogP contribution in [-0.4, -0.2) is 28.8 Å². The average Bonchev–Trinajstić information content (AvgIpc) is 2.31. The Balaban J connectivity index is 3.04. The van der Waals surface area contributed by atoms with Gasteiger partial charge >= 0.3 is 5.97 Å². The molecule has 1 rings (SSSR count). The molecule has 0 amide bonds. The first-order chi connectivity index (χ1) is 8.86. The third-order valence-electron chi connectivity index (χ3n) is 2.86. The van der Waals surface area contributed by atoms with E-state index < -0.39 is 23.2 Å². The molecule has 0 aromatic heterocycles. The Labute approximate surface area is 110 Å². The van der Waals surface area contributed by atoms with Crippen molar-refractivity contribution in [3.05, 3.63) is 29.3 Å². The maximum absolute atomic E-state index is 13.7. The predicted molar refractivity (Wildman–Crippen MR) is 67.3 cm³/mol. The van der Waals surface area contributed by atoms with Crippen LogP contribution in [0.5, 0.6) is 0 Å². The Morgan fingerprint density at radius 3 is 2.21 bits per heavy atom.